The highest BCUT2D eigenvalue weighted by Gasteiger charge is 2.08. The van der Waals surface area contributed by atoms with E-state index in [1.165, 1.54) is 4.68 Å². The summed E-state index contributed by atoms with van der Waals surface area (Å²) in [4.78, 5) is 12.1. The van der Waals surface area contributed by atoms with E-state index in [1.54, 1.807) is 17.9 Å². The summed E-state index contributed by atoms with van der Waals surface area (Å²) in [7, 11) is 1.75. The molecule has 0 radical (unpaired) electrons. The lowest BCUT2D eigenvalue weighted by Crippen LogP contribution is -2.25. The fraction of sp³-hybridized carbons (Fsp3) is 0.692. The fourth-order valence-electron chi connectivity index (χ4n) is 2.03. The number of unbranched alkanes of at least 4 members (excludes halogenated alkanes) is 1. The summed E-state index contributed by atoms with van der Waals surface area (Å²) in [6.45, 7) is 6.97. The van der Waals surface area contributed by atoms with Crippen LogP contribution in [0.2, 0.25) is 0 Å². The molecule has 0 aliphatic rings. The molecule has 0 amide bonds. The normalized spacial score (nSPS) is 11.6. The van der Waals surface area contributed by atoms with E-state index in [0.29, 0.717) is 23.5 Å². The zero-order valence-electron chi connectivity index (χ0n) is 12.3. The highest BCUT2D eigenvalue weighted by Crippen LogP contribution is 2.02. The number of aromatic nitrogens is 5. The molecule has 2 aromatic heterocycles. The molecule has 0 aliphatic heterocycles. The molecule has 0 saturated carbocycles. The van der Waals surface area contributed by atoms with Crippen LogP contribution >= 0.6 is 0 Å². The van der Waals surface area contributed by atoms with Crippen molar-refractivity contribution in [3.05, 3.63) is 16.6 Å². The van der Waals surface area contributed by atoms with Gasteiger partial charge in [0.2, 0.25) is 0 Å². The summed E-state index contributed by atoms with van der Waals surface area (Å²) in [5.74, 6) is 0.663. The maximum absolute atomic E-state index is 12.1. The Morgan fingerprint density at radius 2 is 2.15 bits per heavy atom. The Balaban J connectivity index is 1.87. The molecule has 0 bridgehead atoms. The van der Waals surface area contributed by atoms with Crippen molar-refractivity contribution < 1.29 is 0 Å². The molecule has 0 atom stereocenters. The minimum Gasteiger partial charge on any atom is -0.316 e. The Morgan fingerprint density at radius 3 is 2.90 bits per heavy atom. The van der Waals surface area contributed by atoms with Gasteiger partial charge in [-0.2, -0.15) is 5.10 Å². The van der Waals surface area contributed by atoms with Crippen LogP contribution in [0.5, 0.6) is 0 Å². The third-order valence-corrected chi connectivity index (χ3v) is 3.15. The van der Waals surface area contributed by atoms with Gasteiger partial charge in [-0.05, 0) is 31.8 Å². The minimum absolute atomic E-state index is 0.113. The van der Waals surface area contributed by atoms with E-state index in [9.17, 15) is 4.79 Å². The summed E-state index contributed by atoms with van der Waals surface area (Å²) in [5, 5.41) is 15.9. The smallest absolute Gasteiger partial charge is 0.280 e. The molecule has 1 N–H and O–H groups in total. The van der Waals surface area contributed by atoms with Gasteiger partial charge in [-0.1, -0.05) is 19.1 Å². The first-order valence-corrected chi connectivity index (χ1v) is 7.06. The highest BCUT2D eigenvalue weighted by molar-refractivity contribution is 5.72. The molecule has 2 aromatic rings. The van der Waals surface area contributed by atoms with E-state index in [4.69, 9.17) is 0 Å². The fourth-order valence-corrected chi connectivity index (χ4v) is 2.03. The summed E-state index contributed by atoms with van der Waals surface area (Å²) >= 11 is 0. The van der Waals surface area contributed by atoms with Crippen molar-refractivity contribution in [3.63, 3.8) is 0 Å². The van der Waals surface area contributed by atoms with Crippen LogP contribution in [0.1, 0.15) is 26.7 Å². The SMILES string of the molecule is CC(C)CNCCCCn1nnc2c(cnn2C)c1=O. The second-order valence-corrected chi connectivity index (χ2v) is 5.43. The van der Waals surface area contributed by atoms with Gasteiger partial charge < -0.3 is 5.32 Å². The largest absolute Gasteiger partial charge is 0.316 e. The second kappa shape index (κ2) is 6.60. The standard InChI is InChI=1S/C13H22N6O/c1-10(2)8-14-6-4-5-7-19-13(20)11-9-15-18(3)12(11)16-17-19/h9-10,14H,4-8H2,1-3H3. The minimum atomic E-state index is -0.113. The van der Waals surface area contributed by atoms with Crippen molar-refractivity contribution in [1.82, 2.24) is 30.1 Å². The van der Waals surface area contributed by atoms with E-state index in [0.717, 1.165) is 25.9 Å². The van der Waals surface area contributed by atoms with Crippen LogP contribution in [0.25, 0.3) is 11.0 Å². The Labute approximate surface area is 118 Å². The molecule has 110 valence electrons. The van der Waals surface area contributed by atoms with E-state index < -0.39 is 0 Å². The van der Waals surface area contributed by atoms with Crippen LogP contribution in [0, 0.1) is 5.92 Å². The van der Waals surface area contributed by atoms with Gasteiger partial charge in [0, 0.05) is 13.6 Å². The molecule has 0 unspecified atom stereocenters. The maximum Gasteiger partial charge on any atom is 0.280 e. The summed E-state index contributed by atoms with van der Waals surface area (Å²) in [5.41, 5.74) is 0.420. The van der Waals surface area contributed by atoms with Gasteiger partial charge in [0.25, 0.3) is 5.56 Å². The van der Waals surface area contributed by atoms with Crippen LogP contribution in [0.4, 0.5) is 0 Å². The second-order valence-electron chi connectivity index (χ2n) is 5.43. The average Bonchev–Trinajstić information content (AvgIpc) is 2.78. The van der Waals surface area contributed by atoms with Gasteiger partial charge in [-0.25, -0.2) is 9.36 Å². The molecule has 7 nitrogen and oxygen atoms in total. The first-order chi connectivity index (χ1) is 9.59. The molecule has 2 heterocycles. The third kappa shape index (κ3) is 3.41. The molecule has 0 aliphatic carbocycles. The molecule has 0 fully saturated rings. The molecule has 0 saturated heterocycles. The molecule has 7 heteroatoms. The number of nitrogens with zero attached hydrogens (tertiary/aromatic N) is 5. The number of fused-ring (bicyclic) bond motifs is 1. The van der Waals surface area contributed by atoms with Crippen molar-refractivity contribution >= 4 is 11.0 Å². The van der Waals surface area contributed by atoms with Crippen molar-refractivity contribution in [2.45, 2.75) is 33.2 Å². The van der Waals surface area contributed by atoms with Gasteiger partial charge in [0.05, 0.1) is 6.20 Å². The van der Waals surface area contributed by atoms with E-state index in [1.807, 2.05) is 0 Å². The van der Waals surface area contributed by atoms with Gasteiger partial charge in [-0.3, -0.25) is 4.79 Å². The summed E-state index contributed by atoms with van der Waals surface area (Å²) in [6.07, 6.45) is 3.48. The molecular formula is C13H22N6O. The number of aryl methyl sites for hydroxylation is 2. The van der Waals surface area contributed by atoms with E-state index >= 15 is 0 Å². The first-order valence-electron chi connectivity index (χ1n) is 7.06. The maximum atomic E-state index is 12.1. The predicted octanol–water partition coefficient (Wildman–Crippen LogP) is 0.551. The van der Waals surface area contributed by atoms with Crippen LogP contribution in [0.3, 0.4) is 0 Å². The molecule has 20 heavy (non-hydrogen) atoms. The predicted molar refractivity (Wildman–Crippen MR) is 77.5 cm³/mol. The van der Waals surface area contributed by atoms with Crippen molar-refractivity contribution in [3.8, 4) is 0 Å². The van der Waals surface area contributed by atoms with E-state index in [2.05, 4.69) is 34.6 Å². The molecule has 0 aromatic carbocycles. The van der Waals surface area contributed by atoms with Gasteiger partial charge in [-0.15, -0.1) is 5.10 Å². The van der Waals surface area contributed by atoms with Gasteiger partial charge in [0.1, 0.15) is 5.39 Å². The lowest BCUT2D eigenvalue weighted by molar-refractivity contribution is 0.484. The molecular weight excluding hydrogens is 256 g/mol. The van der Waals surface area contributed by atoms with Gasteiger partial charge in [0.15, 0.2) is 5.65 Å². The Morgan fingerprint density at radius 1 is 1.35 bits per heavy atom. The van der Waals surface area contributed by atoms with Crippen molar-refractivity contribution in [1.29, 1.82) is 0 Å². The van der Waals surface area contributed by atoms with E-state index in [-0.39, 0.29) is 5.56 Å². The molecule has 2 rings (SSSR count). The van der Waals surface area contributed by atoms with Crippen LogP contribution in [-0.4, -0.2) is 37.9 Å². The number of rotatable bonds is 7. The number of hydrogen-bond acceptors (Lipinski definition) is 5. The number of nitrogens with one attached hydrogen (secondary N) is 1. The Bertz CT molecular complexity index is 615. The van der Waals surface area contributed by atoms with Crippen molar-refractivity contribution in [2.75, 3.05) is 13.1 Å². The topological polar surface area (TPSA) is 77.6 Å². The Kier molecular flexibility index (Phi) is 4.84. The zero-order chi connectivity index (χ0) is 14.5. The Hall–Kier alpha value is -1.76. The summed E-state index contributed by atoms with van der Waals surface area (Å²) < 4.78 is 2.98. The van der Waals surface area contributed by atoms with Crippen LogP contribution < -0.4 is 10.9 Å². The average molecular weight is 278 g/mol. The third-order valence-electron chi connectivity index (χ3n) is 3.15. The van der Waals surface area contributed by atoms with Crippen LogP contribution in [0.15, 0.2) is 11.0 Å². The lowest BCUT2D eigenvalue weighted by atomic mass is 10.2. The number of hydrogen-bond donors (Lipinski definition) is 1. The zero-order valence-corrected chi connectivity index (χ0v) is 12.3. The molecule has 0 spiro atoms. The monoisotopic (exact) mass is 278 g/mol. The summed E-state index contributed by atoms with van der Waals surface area (Å²) in [6, 6.07) is 0. The van der Waals surface area contributed by atoms with Crippen LogP contribution in [-0.2, 0) is 13.6 Å². The highest BCUT2D eigenvalue weighted by atomic mass is 16.1. The first kappa shape index (κ1) is 14.6. The van der Waals surface area contributed by atoms with Gasteiger partial charge >= 0.3 is 0 Å². The quantitative estimate of drug-likeness (QED) is 0.748. The lowest BCUT2D eigenvalue weighted by Gasteiger charge is -2.07. The van der Waals surface area contributed by atoms with Crippen molar-refractivity contribution in [2.24, 2.45) is 13.0 Å².